The third-order valence-corrected chi connectivity index (χ3v) is 5.50. The van der Waals surface area contributed by atoms with Crippen molar-refractivity contribution in [3.8, 4) is 0 Å². The van der Waals surface area contributed by atoms with Crippen molar-refractivity contribution in [1.29, 1.82) is 0 Å². The first-order chi connectivity index (χ1) is 12.2. The van der Waals surface area contributed by atoms with Crippen molar-refractivity contribution < 1.29 is 9.59 Å². The molecule has 0 atom stereocenters. The number of benzene rings is 1. The Morgan fingerprint density at radius 1 is 1.08 bits per heavy atom. The fraction of sp³-hybridized carbons (Fsp3) is 0.500. The van der Waals surface area contributed by atoms with Crippen LogP contribution < -0.4 is 0 Å². The molecule has 3 heterocycles. The average Bonchev–Trinajstić information content (AvgIpc) is 2.88. The number of H-pyrrole nitrogens is 1. The number of amides is 2. The first-order valence-electron chi connectivity index (χ1n) is 9.36. The van der Waals surface area contributed by atoms with E-state index in [0.717, 1.165) is 44.3 Å². The fourth-order valence-electron chi connectivity index (χ4n) is 4.04. The molecule has 0 aliphatic carbocycles. The summed E-state index contributed by atoms with van der Waals surface area (Å²) in [5.74, 6) is 0.371. The van der Waals surface area contributed by atoms with E-state index in [1.807, 2.05) is 21.9 Å². The molecular formula is C20H25N3O2. The van der Waals surface area contributed by atoms with Crippen LogP contribution in [-0.2, 0) is 22.6 Å². The Balaban J connectivity index is 1.41. The molecule has 5 nitrogen and oxygen atoms in total. The van der Waals surface area contributed by atoms with Crippen molar-refractivity contribution in [2.24, 2.45) is 0 Å². The Bertz CT molecular complexity index is 795. The third-order valence-electron chi connectivity index (χ3n) is 5.50. The Morgan fingerprint density at radius 2 is 1.96 bits per heavy atom. The number of aromatic nitrogens is 1. The van der Waals surface area contributed by atoms with Crippen LogP contribution in [0.3, 0.4) is 0 Å². The predicted molar refractivity (Wildman–Crippen MR) is 97.1 cm³/mol. The Hall–Kier alpha value is -2.30. The van der Waals surface area contributed by atoms with Crippen molar-refractivity contribution in [1.82, 2.24) is 14.8 Å². The summed E-state index contributed by atoms with van der Waals surface area (Å²) in [6, 6.07) is 8.28. The van der Waals surface area contributed by atoms with Crippen molar-refractivity contribution in [2.45, 2.75) is 45.1 Å². The number of rotatable bonds is 3. The van der Waals surface area contributed by atoms with Gasteiger partial charge in [-0.2, -0.15) is 0 Å². The molecule has 2 aromatic rings. The largest absolute Gasteiger partial charge is 0.358 e. The molecule has 1 aromatic carbocycles. The minimum absolute atomic E-state index is 0.160. The molecule has 25 heavy (non-hydrogen) atoms. The van der Waals surface area contributed by atoms with Gasteiger partial charge in [0, 0.05) is 67.6 Å². The molecule has 132 valence electrons. The lowest BCUT2D eigenvalue weighted by atomic mass is 10.0. The lowest BCUT2D eigenvalue weighted by Crippen LogP contribution is -2.39. The quantitative estimate of drug-likeness (QED) is 0.935. The molecule has 0 radical (unpaired) electrons. The van der Waals surface area contributed by atoms with Crippen LogP contribution in [0.5, 0.6) is 0 Å². The first-order valence-corrected chi connectivity index (χ1v) is 9.36. The minimum atomic E-state index is 0.160. The van der Waals surface area contributed by atoms with Crippen LogP contribution in [-0.4, -0.2) is 46.2 Å². The number of carbonyl (C=O) groups excluding carboxylic acids is 2. The lowest BCUT2D eigenvalue weighted by Gasteiger charge is -2.28. The van der Waals surface area contributed by atoms with Gasteiger partial charge >= 0.3 is 0 Å². The van der Waals surface area contributed by atoms with Crippen LogP contribution in [0.1, 0.15) is 43.4 Å². The molecule has 0 bridgehead atoms. The van der Waals surface area contributed by atoms with E-state index in [9.17, 15) is 9.59 Å². The SMILES string of the molecule is O=C1CCCCCN1CCC(=O)N1CCc2[nH]c3ccccc3c2C1. The zero-order valence-corrected chi connectivity index (χ0v) is 14.6. The smallest absolute Gasteiger partial charge is 0.224 e. The van der Waals surface area contributed by atoms with E-state index in [4.69, 9.17) is 0 Å². The number of fused-ring (bicyclic) bond motifs is 3. The predicted octanol–water partition coefficient (Wildman–Crippen LogP) is 2.85. The van der Waals surface area contributed by atoms with Gasteiger partial charge in [0.1, 0.15) is 0 Å². The Labute approximate surface area is 148 Å². The number of para-hydroxylation sites is 1. The summed E-state index contributed by atoms with van der Waals surface area (Å²) in [7, 11) is 0. The van der Waals surface area contributed by atoms with E-state index in [2.05, 4.69) is 17.1 Å². The molecule has 0 unspecified atom stereocenters. The average molecular weight is 339 g/mol. The van der Waals surface area contributed by atoms with E-state index in [1.54, 1.807) is 0 Å². The third kappa shape index (κ3) is 3.28. The molecule has 2 aliphatic rings. The maximum absolute atomic E-state index is 12.7. The van der Waals surface area contributed by atoms with E-state index in [-0.39, 0.29) is 11.8 Å². The highest BCUT2D eigenvalue weighted by Crippen LogP contribution is 2.27. The number of aromatic amines is 1. The van der Waals surface area contributed by atoms with Crippen molar-refractivity contribution in [3.63, 3.8) is 0 Å². The van der Waals surface area contributed by atoms with Crippen LogP contribution in [0.15, 0.2) is 24.3 Å². The highest BCUT2D eigenvalue weighted by molar-refractivity contribution is 5.86. The summed E-state index contributed by atoms with van der Waals surface area (Å²) in [4.78, 5) is 32.1. The topological polar surface area (TPSA) is 56.4 Å². The molecule has 4 rings (SSSR count). The number of hydrogen-bond acceptors (Lipinski definition) is 2. The zero-order chi connectivity index (χ0) is 17.2. The monoisotopic (exact) mass is 339 g/mol. The van der Waals surface area contributed by atoms with Crippen LogP contribution in [0.4, 0.5) is 0 Å². The van der Waals surface area contributed by atoms with Crippen molar-refractivity contribution in [3.05, 3.63) is 35.5 Å². The normalized spacial score (nSPS) is 18.3. The van der Waals surface area contributed by atoms with Crippen LogP contribution >= 0.6 is 0 Å². The van der Waals surface area contributed by atoms with E-state index < -0.39 is 0 Å². The highest BCUT2D eigenvalue weighted by Gasteiger charge is 2.25. The summed E-state index contributed by atoms with van der Waals surface area (Å²) >= 11 is 0. The number of carbonyl (C=O) groups is 2. The molecule has 1 fully saturated rings. The maximum Gasteiger partial charge on any atom is 0.224 e. The number of likely N-dealkylation sites (tertiary alicyclic amines) is 1. The molecule has 2 amide bonds. The van der Waals surface area contributed by atoms with E-state index in [1.165, 1.54) is 16.6 Å². The van der Waals surface area contributed by atoms with Gasteiger partial charge in [0.2, 0.25) is 11.8 Å². The minimum Gasteiger partial charge on any atom is -0.358 e. The molecule has 0 saturated carbocycles. The molecule has 2 aliphatic heterocycles. The molecule has 5 heteroatoms. The van der Waals surface area contributed by atoms with Gasteiger partial charge in [-0.15, -0.1) is 0 Å². The van der Waals surface area contributed by atoms with Crippen LogP contribution in [0.25, 0.3) is 10.9 Å². The second kappa shape index (κ2) is 6.90. The van der Waals surface area contributed by atoms with Crippen LogP contribution in [0, 0.1) is 0 Å². The molecule has 0 spiro atoms. The van der Waals surface area contributed by atoms with Gasteiger partial charge in [0.05, 0.1) is 0 Å². The van der Waals surface area contributed by atoms with Gasteiger partial charge in [-0.05, 0) is 18.9 Å². The Kier molecular flexibility index (Phi) is 4.47. The van der Waals surface area contributed by atoms with Crippen molar-refractivity contribution in [2.75, 3.05) is 19.6 Å². The summed E-state index contributed by atoms with van der Waals surface area (Å²) in [5.41, 5.74) is 3.66. The number of nitrogens with zero attached hydrogens (tertiary/aromatic N) is 2. The van der Waals surface area contributed by atoms with Gasteiger partial charge in [-0.25, -0.2) is 0 Å². The highest BCUT2D eigenvalue weighted by atomic mass is 16.2. The van der Waals surface area contributed by atoms with E-state index >= 15 is 0 Å². The standard InChI is InChI=1S/C20H25N3O2/c24-19-8-2-1-5-11-22(19)13-10-20(25)23-12-9-18-16(14-23)15-6-3-4-7-17(15)21-18/h3-4,6-7,21H,1-2,5,8-14H2. The second-order valence-electron chi connectivity index (χ2n) is 7.13. The lowest BCUT2D eigenvalue weighted by molar-refractivity contribution is -0.134. The van der Waals surface area contributed by atoms with Gasteiger partial charge in [0.25, 0.3) is 0 Å². The molecular weight excluding hydrogens is 314 g/mol. The molecule has 1 aromatic heterocycles. The molecule has 1 saturated heterocycles. The first kappa shape index (κ1) is 16.2. The summed E-state index contributed by atoms with van der Waals surface area (Å²) < 4.78 is 0. The van der Waals surface area contributed by atoms with Crippen LogP contribution in [0.2, 0.25) is 0 Å². The van der Waals surface area contributed by atoms with Gasteiger partial charge < -0.3 is 14.8 Å². The van der Waals surface area contributed by atoms with Crippen molar-refractivity contribution >= 4 is 22.7 Å². The summed E-state index contributed by atoms with van der Waals surface area (Å²) in [5, 5.41) is 1.22. The van der Waals surface area contributed by atoms with Gasteiger partial charge in [0.15, 0.2) is 0 Å². The number of hydrogen-bond donors (Lipinski definition) is 1. The molecule has 1 N–H and O–H groups in total. The van der Waals surface area contributed by atoms with Gasteiger partial charge in [-0.1, -0.05) is 24.6 Å². The number of nitrogens with one attached hydrogen (secondary N) is 1. The maximum atomic E-state index is 12.7. The Morgan fingerprint density at radius 3 is 2.88 bits per heavy atom. The zero-order valence-electron chi connectivity index (χ0n) is 14.6. The summed E-state index contributed by atoms with van der Waals surface area (Å²) in [6.45, 7) is 2.80. The fourth-order valence-corrected chi connectivity index (χ4v) is 4.04. The summed E-state index contributed by atoms with van der Waals surface area (Å²) in [6.07, 6.45) is 5.10. The van der Waals surface area contributed by atoms with E-state index in [0.29, 0.717) is 25.9 Å². The second-order valence-corrected chi connectivity index (χ2v) is 7.13. The van der Waals surface area contributed by atoms with Gasteiger partial charge in [-0.3, -0.25) is 9.59 Å².